The minimum Gasteiger partial charge on any atom is -0.431 e. The van der Waals surface area contributed by atoms with Gasteiger partial charge in [0.1, 0.15) is 40.6 Å². The zero-order valence-corrected chi connectivity index (χ0v) is 66.2. The number of anilines is 5. The summed E-state index contributed by atoms with van der Waals surface area (Å²) in [5, 5.41) is 24.2. The molecule has 0 aromatic carbocycles. The molecule has 0 unspecified atom stereocenters. The maximum Gasteiger partial charge on any atom is 0.295 e. The zero-order chi connectivity index (χ0) is 73.9. The summed E-state index contributed by atoms with van der Waals surface area (Å²) in [7, 11) is 5.92. The zero-order valence-electron chi connectivity index (χ0n) is 65.4. The van der Waals surface area contributed by atoms with Gasteiger partial charge in [-0.25, -0.2) is 39.9 Å². The summed E-state index contributed by atoms with van der Waals surface area (Å²) in [5.74, 6) is 6.73. The van der Waals surface area contributed by atoms with Crippen LogP contribution in [0.15, 0.2) is 65.5 Å². The highest BCUT2D eigenvalue weighted by atomic mass is 32.1. The van der Waals surface area contributed by atoms with Gasteiger partial charge in [0.05, 0.1) is 6.20 Å². The maximum atomic E-state index is 5.41. The Morgan fingerprint density at radius 3 is 1.16 bits per heavy atom. The fraction of sp³-hybridized carbons (Fsp3) is 0.589. The van der Waals surface area contributed by atoms with E-state index in [1.54, 1.807) is 17.6 Å². The molecule has 0 radical (unpaired) electrons. The number of hydrogen-bond donors (Lipinski definition) is 10. The Morgan fingerprint density at radius 2 is 0.755 bits per heavy atom. The maximum absolute atomic E-state index is 5.41. The number of aromatic nitrogens is 18. The van der Waals surface area contributed by atoms with Crippen LogP contribution in [0, 0.1) is 0 Å². The van der Waals surface area contributed by atoms with Gasteiger partial charge in [-0.2, -0.15) is 10.1 Å². The summed E-state index contributed by atoms with van der Waals surface area (Å²) in [4.78, 5) is 56.9. The molecule has 0 bridgehead atoms. The molecule has 0 aliphatic heterocycles. The van der Waals surface area contributed by atoms with Crippen molar-refractivity contribution in [2.75, 3.05) is 26.6 Å². The summed E-state index contributed by atoms with van der Waals surface area (Å²) in [6.07, 6.45) is 14.9. The van der Waals surface area contributed by atoms with Crippen LogP contribution >= 0.6 is 11.3 Å². The van der Waals surface area contributed by atoms with E-state index in [1.807, 2.05) is 89.8 Å². The van der Waals surface area contributed by atoms with Gasteiger partial charge in [-0.3, -0.25) is 4.68 Å². The monoisotopic (exact) mass is 1370 g/mol. The van der Waals surface area contributed by atoms with Crippen molar-refractivity contribution in [1.29, 1.82) is 0 Å². The van der Waals surface area contributed by atoms with Crippen LogP contribution < -0.4 is 26.6 Å². The van der Waals surface area contributed by atoms with E-state index in [0.29, 0.717) is 11.7 Å². The molecule has 0 spiro atoms. The Balaban J connectivity index is 0.000000193. The Kier molecular flexibility index (Phi) is 23.4. The first-order chi connectivity index (χ1) is 44.5. The van der Waals surface area contributed by atoms with E-state index in [4.69, 9.17) is 4.42 Å². The van der Waals surface area contributed by atoms with Crippen molar-refractivity contribution in [2.45, 2.75) is 262 Å². The summed E-state index contributed by atoms with van der Waals surface area (Å²) in [6.45, 7) is 64.0. The average molecular weight is 1370 g/mol. The number of oxazole rings is 1. The van der Waals surface area contributed by atoms with Crippen LogP contribution in [0.3, 0.4) is 0 Å². The Hall–Kier alpha value is -8.48. The fourth-order valence-corrected chi connectivity index (χ4v) is 9.79. The number of aromatic amines is 5. The lowest BCUT2D eigenvalue weighted by atomic mass is 9.93. The van der Waals surface area contributed by atoms with Crippen molar-refractivity contribution >= 4 is 40.2 Å². The molecule has 10 N–H and O–H groups in total. The van der Waals surface area contributed by atoms with Crippen LogP contribution in [0.25, 0.3) is 57.6 Å². The third-order valence-corrected chi connectivity index (χ3v) is 15.1. The van der Waals surface area contributed by atoms with Gasteiger partial charge in [-0.1, -0.05) is 104 Å². The molecule has 10 heterocycles. The van der Waals surface area contributed by atoms with Gasteiger partial charge >= 0.3 is 0 Å². The van der Waals surface area contributed by atoms with E-state index in [1.165, 1.54) is 0 Å². The summed E-state index contributed by atoms with van der Waals surface area (Å²) < 4.78 is 11.3. The molecule has 0 amide bonds. The first-order valence-electron chi connectivity index (χ1n) is 33.7. The van der Waals surface area contributed by atoms with Gasteiger partial charge < -0.3 is 65.1 Å². The number of aryl methyl sites for hydroxylation is 2. The topological polar surface area (TPSA) is 296 Å². The second-order valence-electron chi connectivity index (χ2n) is 35.6. The number of nitrogens with one attached hydrogen (secondary N) is 10. The highest BCUT2D eigenvalue weighted by Crippen LogP contribution is 2.32. The summed E-state index contributed by atoms with van der Waals surface area (Å²) >= 11 is 1.61. The van der Waals surface area contributed by atoms with Crippen LogP contribution in [0.2, 0.25) is 0 Å². The van der Waals surface area contributed by atoms with Crippen LogP contribution in [-0.2, 0) is 48.2 Å². The molecule has 25 heteroatoms. The van der Waals surface area contributed by atoms with Gasteiger partial charge in [0.15, 0.2) is 34.3 Å². The van der Waals surface area contributed by atoms with E-state index in [9.17, 15) is 0 Å². The lowest BCUT2D eigenvalue weighted by Gasteiger charge is -2.21. The van der Waals surface area contributed by atoms with Crippen molar-refractivity contribution in [3.8, 4) is 57.6 Å². The molecule has 0 saturated carbocycles. The number of H-pyrrole nitrogens is 5. The van der Waals surface area contributed by atoms with Crippen LogP contribution in [0.4, 0.5) is 28.9 Å². The number of thiazole rings is 1. The Morgan fingerprint density at radius 1 is 0.378 bits per heavy atom. The Labute approximate surface area is 587 Å². The third kappa shape index (κ3) is 23.6. The molecule has 0 fully saturated rings. The molecule has 0 saturated heterocycles. The molecule has 10 aromatic rings. The normalized spacial score (nSPS) is 12.7. The van der Waals surface area contributed by atoms with Crippen LogP contribution in [0.5, 0.6) is 0 Å². The second kappa shape index (κ2) is 29.1. The predicted molar refractivity (Wildman–Crippen MR) is 407 cm³/mol. The summed E-state index contributed by atoms with van der Waals surface area (Å²) in [5.41, 5.74) is 10.1. The average Bonchev–Trinajstić information content (AvgIpc) is 1.70. The number of hydrogen-bond acceptors (Lipinski definition) is 17. The van der Waals surface area contributed by atoms with Gasteiger partial charge in [0, 0.05) is 153 Å². The SMILES string of the molecule is CC(C)(C)Nc1nc(-c2ncc(C(C)(C)C)[nH]2)co1.CC(C)(C)Nc1nc(-c2ncc(C(C)(C)C)[nH]2)cs1.Cn1c(-c2ncc(C(C)(C)C)[nH]2)cnc1NC(C)(C)C.Cn1cc(-c2ncc(C(C)(C)C)[nH]2)nc1NC(C)(C)C.Cn1nc(-c2ncc(C(C)(C)C)[nH]2)cc1NC(C)(C)C. The second-order valence-corrected chi connectivity index (χ2v) is 36.4. The van der Waals surface area contributed by atoms with E-state index in [-0.39, 0.29) is 54.8 Å². The minimum absolute atomic E-state index is 0.00476. The molecule has 24 nitrogen and oxygen atoms in total. The van der Waals surface area contributed by atoms with Crippen molar-refractivity contribution in [3.05, 3.63) is 89.6 Å². The first-order valence-corrected chi connectivity index (χ1v) is 34.6. The smallest absolute Gasteiger partial charge is 0.295 e. The minimum atomic E-state index is -0.0815. The van der Waals surface area contributed by atoms with Crippen LogP contribution in [0.1, 0.15) is 236 Å². The van der Waals surface area contributed by atoms with E-state index in [0.717, 1.165) is 103 Å². The van der Waals surface area contributed by atoms with Gasteiger partial charge in [0.25, 0.3) is 6.01 Å². The van der Waals surface area contributed by atoms with E-state index in [2.05, 4.69) is 309 Å². The predicted octanol–water partition coefficient (Wildman–Crippen LogP) is 17.6. The number of rotatable bonds is 10. The van der Waals surface area contributed by atoms with Gasteiger partial charge in [-0.15, -0.1) is 11.3 Å². The third-order valence-electron chi connectivity index (χ3n) is 14.3. The molecule has 0 aliphatic rings. The van der Waals surface area contributed by atoms with Crippen molar-refractivity contribution in [1.82, 2.24) is 88.7 Å². The van der Waals surface area contributed by atoms with E-state index < -0.39 is 0 Å². The number of imidazole rings is 7. The largest absolute Gasteiger partial charge is 0.431 e. The van der Waals surface area contributed by atoms with Crippen molar-refractivity contribution < 1.29 is 4.42 Å². The molecular weight excluding hydrogens is 1250 g/mol. The van der Waals surface area contributed by atoms with Crippen LogP contribution in [-0.4, -0.2) is 116 Å². The fourth-order valence-electron chi connectivity index (χ4n) is 8.88. The van der Waals surface area contributed by atoms with Gasteiger partial charge in [-0.05, 0) is 104 Å². The van der Waals surface area contributed by atoms with Gasteiger partial charge in [0.2, 0.25) is 11.9 Å². The lowest BCUT2D eigenvalue weighted by molar-refractivity contribution is 0.531. The molecule has 0 aliphatic carbocycles. The van der Waals surface area contributed by atoms with Crippen molar-refractivity contribution in [2.24, 2.45) is 21.1 Å². The van der Waals surface area contributed by atoms with E-state index >= 15 is 0 Å². The quantitative estimate of drug-likeness (QED) is 0.0609. The first kappa shape index (κ1) is 78.5. The molecule has 10 aromatic heterocycles. The summed E-state index contributed by atoms with van der Waals surface area (Å²) in [6, 6.07) is 2.53. The lowest BCUT2D eigenvalue weighted by Crippen LogP contribution is -2.27. The Bertz CT molecular complexity index is 3890. The van der Waals surface area contributed by atoms with Crippen molar-refractivity contribution in [3.63, 3.8) is 0 Å². The molecule has 0 atom stereocenters. The molecule has 10 rings (SSSR count). The number of nitrogens with zero attached hydrogens (tertiary/aromatic N) is 13. The highest BCUT2D eigenvalue weighted by molar-refractivity contribution is 7.14. The highest BCUT2D eigenvalue weighted by Gasteiger charge is 2.26. The standard InChI is InChI=1S/3C15H25N5.C14H22N4O.C14H22N4S/c1-14(2,3)11-8-16-12(18-11)10-9-20(7)13(17-10)19-15(4,5)6;1-14(2,3)11-9-16-12(18-11)10-8-17-13(20(10)7)19-15(4,5)6;1-14(2,3)11-9-16-13(17-11)10-8-12(20(7)19-10)18-15(4,5)6;2*1-13(2,3)10-7-15-11(17-10)9-8-19-12(16-9)18-14(4,5)6/h2*8-9H,1-7H3,(H,16,18)(H,17,19);8-9,18H,1-7H3,(H,16,17);2*7-8H,1-6H3,(H,15,17)(H,16,18). The molecule has 538 valence electrons. The molecular formula is C73H119N23OS. The molecule has 98 heavy (non-hydrogen) atoms.